The van der Waals surface area contributed by atoms with Crippen LogP contribution in [-0.2, 0) is 18.3 Å². The second-order valence-electron chi connectivity index (χ2n) is 6.05. The summed E-state index contributed by atoms with van der Waals surface area (Å²) >= 11 is 0. The molecule has 0 fully saturated rings. The number of allylic oxidation sites excluding steroid dienone is 1. The second-order valence-corrected chi connectivity index (χ2v) is 6.05. The Labute approximate surface area is 143 Å². The number of aryl methyl sites for hydroxylation is 1. The average Bonchev–Trinajstić information content (AvgIpc) is 2.95. The number of halogens is 3. The van der Waals surface area contributed by atoms with Crippen molar-refractivity contribution in [1.29, 1.82) is 0 Å². The van der Waals surface area contributed by atoms with Crippen molar-refractivity contribution in [3.63, 3.8) is 0 Å². The third-order valence-electron chi connectivity index (χ3n) is 4.36. The summed E-state index contributed by atoms with van der Waals surface area (Å²) in [5, 5.41) is 6.87. The predicted octanol–water partition coefficient (Wildman–Crippen LogP) is 3.56. The molecule has 0 bridgehead atoms. The summed E-state index contributed by atoms with van der Waals surface area (Å²) in [5.74, 6) is -0.752. The number of nitrogens with one attached hydrogen (secondary N) is 1. The van der Waals surface area contributed by atoms with Gasteiger partial charge in [-0.1, -0.05) is 30.3 Å². The molecule has 1 atom stereocenters. The van der Waals surface area contributed by atoms with Gasteiger partial charge in [-0.3, -0.25) is 9.48 Å². The molecule has 1 N–H and O–H groups in total. The zero-order chi connectivity index (χ0) is 18.0. The highest BCUT2D eigenvalue weighted by Gasteiger charge is 2.35. The summed E-state index contributed by atoms with van der Waals surface area (Å²) in [6.07, 6.45) is 0.0958. The molecule has 1 amide bonds. The lowest BCUT2D eigenvalue weighted by Gasteiger charge is -2.23. The van der Waals surface area contributed by atoms with Gasteiger partial charge in [0, 0.05) is 24.4 Å². The van der Waals surface area contributed by atoms with Gasteiger partial charge in [-0.15, -0.1) is 0 Å². The van der Waals surface area contributed by atoms with Crippen LogP contribution in [0.25, 0.3) is 5.57 Å². The highest BCUT2D eigenvalue weighted by atomic mass is 19.4. The number of fused-ring (bicyclic) bond motifs is 1. The highest BCUT2D eigenvalue weighted by molar-refractivity contribution is 5.96. The number of hydrogen-bond donors (Lipinski definition) is 1. The first-order valence-corrected chi connectivity index (χ1v) is 8.02. The van der Waals surface area contributed by atoms with Crippen LogP contribution < -0.4 is 5.32 Å². The standard InChI is InChI=1S/C18H18F3N3O/c1-24-16-9-5-8-15(13(16)11-22-24)23-17(25)10-14(18(19,20)21)12-6-3-2-4-7-12/h2-4,6-7,10-11,15H,5,8-9H2,1H3,(H,23,25)/b14-10-/t15-/m0/s1. The lowest BCUT2D eigenvalue weighted by Crippen LogP contribution is -2.30. The van der Waals surface area contributed by atoms with Crippen molar-refractivity contribution in [2.75, 3.05) is 0 Å². The first kappa shape index (κ1) is 17.3. The number of nitrogens with zero attached hydrogens (tertiary/aromatic N) is 2. The van der Waals surface area contributed by atoms with Crippen LogP contribution >= 0.6 is 0 Å². The molecule has 1 aliphatic carbocycles. The topological polar surface area (TPSA) is 46.9 Å². The molecule has 0 saturated heterocycles. The number of benzene rings is 1. The summed E-state index contributed by atoms with van der Waals surface area (Å²) in [6, 6.07) is 7.01. The third kappa shape index (κ3) is 3.75. The minimum absolute atomic E-state index is 0.0316. The van der Waals surface area contributed by atoms with Gasteiger partial charge >= 0.3 is 6.18 Å². The number of aromatic nitrogens is 2. The van der Waals surface area contributed by atoms with E-state index < -0.39 is 17.7 Å². The Kier molecular flexibility index (Phi) is 4.65. The van der Waals surface area contributed by atoms with Crippen molar-refractivity contribution >= 4 is 11.5 Å². The smallest absolute Gasteiger partial charge is 0.346 e. The van der Waals surface area contributed by atoms with Gasteiger partial charge in [0.05, 0.1) is 17.8 Å². The van der Waals surface area contributed by atoms with Crippen molar-refractivity contribution in [1.82, 2.24) is 15.1 Å². The maximum atomic E-state index is 13.3. The van der Waals surface area contributed by atoms with Crippen LogP contribution in [0, 0.1) is 0 Å². The minimum atomic E-state index is -4.61. The van der Waals surface area contributed by atoms with E-state index in [1.807, 2.05) is 7.05 Å². The monoisotopic (exact) mass is 349 g/mol. The Morgan fingerprint density at radius 3 is 2.72 bits per heavy atom. The molecular formula is C18H18F3N3O. The number of alkyl halides is 3. The largest absolute Gasteiger partial charge is 0.417 e. The van der Waals surface area contributed by atoms with Crippen LogP contribution in [-0.4, -0.2) is 21.9 Å². The fourth-order valence-electron chi connectivity index (χ4n) is 3.15. The van der Waals surface area contributed by atoms with Gasteiger partial charge in [-0.05, 0) is 24.8 Å². The molecule has 25 heavy (non-hydrogen) atoms. The van der Waals surface area contributed by atoms with Gasteiger partial charge in [-0.25, -0.2) is 0 Å². The van der Waals surface area contributed by atoms with Gasteiger partial charge in [-0.2, -0.15) is 18.3 Å². The maximum absolute atomic E-state index is 13.3. The first-order chi connectivity index (χ1) is 11.9. The molecule has 3 rings (SSSR count). The third-order valence-corrected chi connectivity index (χ3v) is 4.36. The molecule has 7 heteroatoms. The predicted molar refractivity (Wildman–Crippen MR) is 87.5 cm³/mol. The summed E-state index contributed by atoms with van der Waals surface area (Å²) < 4.78 is 41.7. The Balaban J connectivity index is 1.84. The number of carbonyl (C=O) groups is 1. The SMILES string of the molecule is Cn1ncc2c1CCC[C@@H]2NC(=O)/C=C(/c1ccccc1)C(F)(F)F. The lowest BCUT2D eigenvalue weighted by molar-refractivity contribution is -0.117. The van der Waals surface area contributed by atoms with Crippen LogP contribution in [0.3, 0.4) is 0 Å². The van der Waals surface area contributed by atoms with Crippen molar-refractivity contribution < 1.29 is 18.0 Å². The highest BCUT2D eigenvalue weighted by Crippen LogP contribution is 2.34. The molecule has 4 nitrogen and oxygen atoms in total. The molecule has 1 aromatic heterocycles. The molecule has 0 spiro atoms. The summed E-state index contributed by atoms with van der Waals surface area (Å²) in [5.41, 5.74) is 0.909. The van der Waals surface area contributed by atoms with E-state index in [1.165, 1.54) is 24.3 Å². The fraction of sp³-hybridized carbons (Fsp3) is 0.333. The number of amides is 1. The molecule has 1 heterocycles. The number of carbonyl (C=O) groups excluding carboxylic acids is 1. The molecule has 0 saturated carbocycles. The molecule has 1 aromatic carbocycles. The van der Waals surface area contributed by atoms with Crippen LogP contribution in [0.5, 0.6) is 0 Å². The van der Waals surface area contributed by atoms with E-state index in [2.05, 4.69) is 10.4 Å². The summed E-state index contributed by atoms with van der Waals surface area (Å²) in [4.78, 5) is 12.2. The quantitative estimate of drug-likeness (QED) is 0.862. The molecule has 0 unspecified atom stereocenters. The van der Waals surface area contributed by atoms with Crippen LogP contribution in [0.1, 0.15) is 35.7 Å². The normalized spacial score (nSPS) is 17.9. The Bertz CT molecular complexity index is 794. The molecule has 2 aromatic rings. The molecule has 0 radical (unpaired) electrons. The van der Waals surface area contributed by atoms with Gasteiger partial charge in [0.15, 0.2) is 0 Å². The van der Waals surface area contributed by atoms with Gasteiger partial charge in [0.1, 0.15) is 0 Å². The van der Waals surface area contributed by atoms with E-state index in [0.717, 1.165) is 24.1 Å². The van der Waals surface area contributed by atoms with Crippen LogP contribution in [0.15, 0.2) is 42.6 Å². The van der Waals surface area contributed by atoms with E-state index in [0.29, 0.717) is 12.5 Å². The Hall–Kier alpha value is -2.57. The Morgan fingerprint density at radius 1 is 1.32 bits per heavy atom. The van der Waals surface area contributed by atoms with Crippen LogP contribution in [0.2, 0.25) is 0 Å². The molecular weight excluding hydrogens is 331 g/mol. The van der Waals surface area contributed by atoms with E-state index in [9.17, 15) is 18.0 Å². The summed E-state index contributed by atoms with van der Waals surface area (Å²) in [6.45, 7) is 0. The van der Waals surface area contributed by atoms with Crippen molar-refractivity contribution in [2.45, 2.75) is 31.5 Å². The molecule has 1 aliphatic rings. The van der Waals surface area contributed by atoms with E-state index in [4.69, 9.17) is 0 Å². The zero-order valence-corrected chi connectivity index (χ0v) is 13.7. The van der Waals surface area contributed by atoms with E-state index in [1.54, 1.807) is 16.9 Å². The minimum Gasteiger partial charge on any atom is -0.346 e. The number of hydrogen-bond acceptors (Lipinski definition) is 2. The van der Waals surface area contributed by atoms with Crippen molar-refractivity contribution in [3.05, 3.63) is 59.4 Å². The van der Waals surface area contributed by atoms with E-state index in [-0.39, 0.29) is 11.6 Å². The van der Waals surface area contributed by atoms with E-state index >= 15 is 0 Å². The molecule has 0 aliphatic heterocycles. The van der Waals surface area contributed by atoms with Crippen molar-refractivity contribution in [2.24, 2.45) is 7.05 Å². The lowest BCUT2D eigenvalue weighted by atomic mass is 9.93. The van der Waals surface area contributed by atoms with Gasteiger partial charge in [0.25, 0.3) is 0 Å². The zero-order valence-electron chi connectivity index (χ0n) is 13.7. The second kappa shape index (κ2) is 6.74. The molecule has 132 valence electrons. The number of rotatable bonds is 3. The Morgan fingerprint density at radius 2 is 2.04 bits per heavy atom. The van der Waals surface area contributed by atoms with Gasteiger partial charge < -0.3 is 5.32 Å². The van der Waals surface area contributed by atoms with Crippen molar-refractivity contribution in [3.8, 4) is 0 Å². The van der Waals surface area contributed by atoms with Crippen LogP contribution in [0.4, 0.5) is 13.2 Å². The fourth-order valence-corrected chi connectivity index (χ4v) is 3.15. The average molecular weight is 349 g/mol. The summed E-state index contributed by atoms with van der Waals surface area (Å²) in [7, 11) is 1.82. The maximum Gasteiger partial charge on any atom is 0.417 e. The first-order valence-electron chi connectivity index (χ1n) is 8.02. The van der Waals surface area contributed by atoms with Gasteiger partial charge in [0.2, 0.25) is 5.91 Å².